The van der Waals surface area contributed by atoms with Crippen molar-refractivity contribution in [1.29, 1.82) is 0 Å². The molecule has 4 heteroatoms. The van der Waals surface area contributed by atoms with E-state index in [4.69, 9.17) is 5.11 Å². The lowest BCUT2D eigenvalue weighted by Gasteiger charge is -2.28. The molecule has 114 valence electrons. The molecule has 1 aliphatic heterocycles. The topological polar surface area (TPSA) is 40.5 Å². The van der Waals surface area contributed by atoms with Gasteiger partial charge in [0.05, 0.1) is 0 Å². The zero-order chi connectivity index (χ0) is 15.5. The highest BCUT2D eigenvalue weighted by atomic mass is 19.1. The van der Waals surface area contributed by atoms with Crippen LogP contribution in [0.5, 0.6) is 0 Å². The molecule has 1 N–H and O–H groups in total. The van der Waals surface area contributed by atoms with E-state index in [9.17, 15) is 9.18 Å². The van der Waals surface area contributed by atoms with Gasteiger partial charge in [-0.3, -0.25) is 0 Å². The van der Waals surface area contributed by atoms with Gasteiger partial charge in [-0.1, -0.05) is 19.9 Å². The number of aliphatic carboxylic acids is 1. The van der Waals surface area contributed by atoms with Crippen LogP contribution >= 0.6 is 0 Å². The summed E-state index contributed by atoms with van der Waals surface area (Å²) in [5.74, 6) is -1.45. The molecule has 0 atom stereocenters. The van der Waals surface area contributed by atoms with Gasteiger partial charge in [-0.25, -0.2) is 9.18 Å². The van der Waals surface area contributed by atoms with Crippen LogP contribution in [0.1, 0.15) is 38.7 Å². The molecule has 2 rings (SSSR count). The number of rotatable bonds is 5. The first kappa shape index (κ1) is 15.5. The first-order chi connectivity index (χ1) is 10.0. The quantitative estimate of drug-likeness (QED) is 0.835. The van der Waals surface area contributed by atoms with E-state index < -0.39 is 5.97 Å². The van der Waals surface area contributed by atoms with Crippen LogP contribution in [-0.2, 0) is 4.79 Å². The Hall–Kier alpha value is -1.84. The van der Waals surface area contributed by atoms with E-state index in [2.05, 4.69) is 18.7 Å². The Morgan fingerprint density at radius 3 is 2.71 bits per heavy atom. The number of hydrogen-bond acceptors (Lipinski definition) is 2. The molecule has 0 saturated carbocycles. The Morgan fingerprint density at radius 1 is 1.43 bits per heavy atom. The average Bonchev–Trinajstić information content (AvgIpc) is 2.90. The van der Waals surface area contributed by atoms with Gasteiger partial charge >= 0.3 is 5.97 Å². The van der Waals surface area contributed by atoms with E-state index in [1.807, 2.05) is 6.07 Å². The molecule has 0 radical (unpaired) electrons. The van der Waals surface area contributed by atoms with Crippen LogP contribution in [0.4, 0.5) is 10.1 Å². The Kier molecular flexibility index (Phi) is 4.66. The summed E-state index contributed by atoms with van der Waals surface area (Å²) in [6, 6.07) is 4.92. The van der Waals surface area contributed by atoms with Gasteiger partial charge in [0.1, 0.15) is 5.82 Å². The summed E-state index contributed by atoms with van der Waals surface area (Å²) in [5.41, 5.74) is 1.44. The zero-order valence-corrected chi connectivity index (χ0v) is 12.6. The summed E-state index contributed by atoms with van der Waals surface area (Å²) in [5, 5.41) is 8.76. The fourth-order valence-electron chi connectivity index (χ4n) is 3.09. The van der Waals surface area contributed by atoms with Gasteiger partial charge in [0, 0.05) is 30.4 Å². The van der Waals surface area contributed by atoms with Crippen molar-refractivity contribution in [3.8, 4) is 0 Å². The summed E-state index contributed by atoms with van der Waals surface area (Å²) < 4.78 is 14.0. The van der Waals surface area contributed by atoms with Crippen molar-refractivity contribution in [2.24, 2.45) is 5.41 Å². The molecule has 0 bridgehead atoms. The number of carboxylic acid groups (broad SMARTS) is 1. The van der Waals surface area contributed by atoms with Crippen LogP contribution in [0.2, 0.25) is 0 Å². The van der Waals surface area contributed by atoms with E-state index in [-0.39, 0.29) is 5.82 Å². The van der Waals surface area contributed by atoms with E-state index in [0.29, 0.717) is 11.0 Å². The summed E-state index contributed by atoms with van der Waals surface area (Å²) in [4.78, 5) is 12.9. The van der Waals surface area contributed by atoms with E-state index >= 15 is 0 Å². The fourth-order valence-corrected chi connectivity index (χ4v) is 3.09. The molecule has 1 heterocycles. The molecule has 0 amide bonds. The highest BCUT2D eigenvalue weighted by Crippen LogP contribution is 2.40. The first-order valence-corrected chi connectivity index (χ1v) is 7.46. The highest BCUT2D eigenvalue weighted by molar-refractivity contribution is 5.87. The van der Waals surface area contributed by atoms with Crippen LogP contribution in [0.25, 0.3) is 6.08 Å². The van der Waals surface area contributed by atoms with Gasteiger partial charge in [0.25, 0.3) is 0 Å². The third kappa shape index (κ3) is 3.26. The van der Waals surface area contributed by atoms with Gasteiger partial charge in [-0.05, 0) is 42.9 Å². The standard InChI is InChI=1S/C17H22FNO2/c1-3-17(4-2)10-11-19(12-17)15-7-5-6-14(18)13(15)8-9-16(20)21/h5-9H,3-4,10-12H2,1-2H3,(H,20,21)/b9-8+. The summed E-state index contributed by atoms with van der Waals surface area (Å²) in [6.07, 6.45) is 5.65. The van der Waals surface area contributed by atoms with Crippen molar-refractivity contribution in [3.05, 3.63) is 35.7 Å². The molecule has 1 aliphatic rings. The second kappa shape index (κ2) is 6.29. The fraction of sp³-hybridized carbons (Fsp3) is 0.471. The maximum absolute atomic E-state index is 14.0. The lowest BCUT2D eigenvalue weighted by molar-refractivity contribution is -0.131. The van der Waals surface area contributed by atoms with Crippen LogP contribution in [0, 0.1) is 11.2 Å². The maximum Gasteiger partial charge on any atom is 0.328 e. The van der Waals surface area contributed by atoms with Gasteiger partial charge in [0.15, 0.2) is 0 Å². The van der Waals surface area contributed by atoms with Crippen LogP contribution in [0.15, 0.2) is 24.3 Å². The van der Waals surface area contributed by atoms with Gasteiger partial charge in [-0.15, -0.1) is 0 Å². The van der Waals surface area contributed by atoms with Crippen molar-refractivity contribution in [2.75, 3.05) is 18.0 Å². The van der Waals surface area contributed by atoms with Crippen molar-refractivity contribution in [1.82, 2.24) is 0 Å². The Bertz CT molecular complexity index is 550. The number of carboxylic acids is 1. The minimum Gasteiger partial charge on any atom is -0.478 e. The van der Waals surface area contributed by atoms with Crippen molar-refractivity contribution in [2.45, 2.75) is 33.1 Å². The molecule has 0 aromatic heterocycles. The largest absolute Gasteiger partial charge is 0.478 e. The van der Waals surface area contributed by atoms with Crippen molar-refractivity contribution >= 4 is 17.7 Å². The Balaban J connectivity index is 2.33. The van der Waals surface area contributed by atoms with E-state index in [1.165, 1.54) is 12.1 Å². The van der Waals surface area contributed by atoms with Gasteiger partial charge in [0.2, 0.25) is 0 Å². The predicted octanol–water partition coefficient (Wildman–Crippen LogP) is 3.94. The monoisotopic (exact) mass is 291 g/mol. The molecule has 0 spiro atoms. The number of benzene rings is 1. The van der Waals surface area contributed by atoms with Crippen molar-refractivity contribution < 1.29 is 14.3 Å². The predicted molar refractivity (Wildman–Crippen MR) is 82.9 cm³/mol. The zero-order valence-electron chi connectivity index (χ0n) is 12.6. The second-order valence-corrected chi connectivity index (χ2v) is 5.72. The molecule has 0 unspecified atom stereocenters. The number of halogens is 1. The highest BCUT2D eigenvalue weighted by Gasteiger charge is 2.35. The molecule has 1 fully saturated rings. The van der Waals surface area contributed by atoms with Gasteiger partial charge in [-0.2, -0.15) is 0 Å². The van der Waals surface area contributed by atoms with E-state index in [0.717, 1.165) is 44.1 Å². The Labute approximate surface area is 125 Å². The van der Waals surface area contributed by atoms with Crippen molar-refractivity contribution in [3.63, 3.8) is 0 Å². The molecule has 1 aromatic rings. The molecular weight excluding hydrogens is 269 g/mol. The SMILES string of the molecule is CCC1(CC)CCN(c2cccc(F)c2/C=C/C(=O)O)C1. The third-order valence-corrected chi connectivity index (χ3v) is 4.70. The molecule has 1 aromatic carbocycles. The third-order valence-electron chi connectivity index (χ3n) is 4.70. The lowest BCUT2D eigenvalue weighted by atomic mass is 9.82. The summed E-state index contributed by atoms with van der Waals surface area (Å²) >= 11 is 0. The number of nitrogens with zero attached hydrogens (tertiary/aromatic N) is 1. The minimum absolute atomic E-state index is 0.292. The van der Waals surface area contributed by atoms with Crippen LogP contribution in [-0.4, -0.2) is 24.2 Å². The average molecular weight is 291 g/mol. The molecule has 3 nitrogen and oxygen atoms in total. The number of carbonyl (C=O) groups is 1. The summed E-state index contributed by atoms with van der Waals surface area (Å²) in [7, 11) is 0. The normalized spacial score (nSPS) is 17.6. The smallest absolute Gasteiger partial charge is 0.328 e. The molecule has 21 heavy (non-hydrogen) atoms. The maximum atomic E-state index is 14.0. The first-order valence-electron chi connectivity index (χ1n) is 7.46. The number of anilines is 1. The summed E-state index contributed by atoms with van der Waals surface area (Å²) in [6.45, 7) is 6.18. The van der Waals surface area contributed by atoms with E-state index in [1.54, 1.807) is 6.07 Å². The van der Waals surface area contributed by atoms with Gasteiger partial charge < -0.3 is 10.0 Å². The van der Waals surface area contributed by atoms with Crippen LogP contribution < -0.4 is 4.90 Å². The lowest BCUT2D eigenvalue weighted by Crippen LogP contribution is -2.26. The number of hydrogen-bond donors (Lipinski definition) is 1. The Morgan fingerprint density at radius 2 is 2.14 bits per heavy atom. The minimum atomic E-state index is -1.07. The molecular formula is C17H22FNO2. The molecule has 1 saturated heterocycles. The second-order valence-electron chi connectivity index (χ2n) is 5.72. The molecule has 0 aliphatic carbocycles. The van der Waals surface area contributed by atoms with Crippen LogP contribution in [0.3, 0.4) is 0 Å².